The SMILES string of the molecule is CNc1nc2c(s1)[C@H](c1cc3c(c(OC)c1OC)OCO3)CC(=O)N2. The maximum Gasteiger partial charge on any atom is 0.231 e. The van der Waals surface area contributed by atoms with Gasteiger partial charge >= 0.3 is 0 Å². The molecule has 132 valence electrons. The molecule has 0 spiro atoms. The van der Waals surface area contributed by atoms with Crippen molar-refractivity contribution < 1.29 is 23.7 Å². The minimum atomic E-state index is -0.207. The van der Waals surface area contributed by atoms with Crippen LogP contribution in [0.3, 0.4) is 0 Å². The lowest BCUT2D eigenvalue weighted by atomic mass is 9.90. The highest BCUT2D eigenvalue weighted by atomic mass is 32.1. The summed E-state index contributed by atoms with van der Waals surface area (Å²) in [6.45, 7) is 0.124. The van der Waals surface area contributed by atoms with Crippen LogP contribution in [0.5, 0.6) is 23.0 Å². The molecule has 1 atom stereocenters. The predicted molar refractivity (Wildman–Crippen MR) is 92.4 cm³/mol. The van der Waals surface area contributed by atoms with Gasteiger partial charge in [0.2, 0.25) is 24.2 Å². The lowest BCUT2D eigenvalue weighted by Crippen LogP contribution is -2.23. The van der Waals surface area contributed by atoms with Crippen molar-refractivity contribution in [1.29, 1.82) is 0 Å². The maximum atomic E-state index is 12.2. The van der Waals surface area contributed by atoms with E-state index in [-0.39, 0.29) is 25.0 Å². The Morgan fingerprint density at radius 3 is 2.84 bits per heavy atom. The van der Waals surface area contributed by atoms with Crippen molar-refractivity contribution in [3.05, 3.63) is 16.5 Å². The second-order valence-corrected chi connectivity index (χ2v) is 6.58. The van der Waals surface area contributed by atoms with Crippen molar-refractivity contribution in [2.75, 3.05) is 38.7 Å². The Hall–Kier alpha value is -2.68. The van der Waals surface area contributed by atoms with Crippen LogP contribution in [0.1, 0.15) is 22.8 Å². The van der Waals surface area contributed by atoms with Crippen LogP contribution in [-0.4, -0.2) is 39.0 Å². The van der Waals surface area contributed by atoms with Gasteiger partial charge in [0.15, 0.2) is 16.6 Å². The Bertz CT molecular complexity index is 851. The van der Waals surface area contributed by atoms with Crippen LogP contribution in [0, 0.1) is 0 Å². The first kappa shape index (κ1) is 15.8. The van der Waals surface area contributed by atoms with Crippen molar-refractivity contribution in [1.82, 2.24) is 4.98 Å². The molecule has 0 unspecified atom stereocenters. The van der Waals surface area contributed by atoms with Crippen LogP contribution < -0.4 is 29.6 Å². The van der Waals surface area contributed by atoms with Crippen LogP contribution >= 0.6 is 11.3 Å². The van der Waals surface area contributed by atoms with Crippen molar-refractivity contribution in [3.8, 4) is 23.0 Å². The Balaban J connectivity index is 1.90. The third-order valence-corrected chi connectivity index (χ3v) is 5.40. The van der Waals surface area contributed by atoms with E-state index in [1.54, 1.807) is 21.3 Å². The molecule has 8 nitrogen and oxygen atoms in total. The highest BCUT2D eigenvalue weighted by Gasteiger charge is 2.36. The standard InChI is InChI=1S/C16H17N3O5S/c1-17-16-19-15-14(25-16)8(5-10(20)18-15)7-4-9-12(24-6-23-9)13(22-3)11(7)21-2/h4,8H,5-6H2,1-3H3,(H,17,19)(H,18,20)/t8-/m0/s1. The fourth-order valence-electron chi connectivity index (χ4n) is 3.15. The number of fused-ring (bicyclic) bond motifs is 2. The number of nitrogens with one attached hydrogen (secondary N) is 2. The Kier molecular flexibility index (Phi) is 3.79. The Morgan fingerprint density at radius 1 is 1.32 bits per heavy atom. The average molecular weight is 363 g/mol. The lowest BCUT2D eigenvalue weighted by molar-refractivity contribution is -0.116. The molecule has 2 aliphatic rings. The van der Waals surface area contributed by atoms with Crippen molar-refractivity contribution in [3.63, 3.8) is 0 Å². The molecule has 0 saturated heterocycles. The summed E-state index contributed by atoms with van der Waals surface area (Å²) in [7, 11) is 4.92. The quantitative estimate of drug-likeness (QED) is 0.862. The van der Waals surface area contributed by atoms with E-state index in [0.717, 1.165) is 15.6 Å². The number of methoxy groups -OCH3 is 2. The molecule has 9 heteroatoms. The van der Waals surface area contributed by atoms with E-state index >= 15 is 0 Å². The molecule has 1 aromatic heterocycles. The number of aromatic nitrogens is 1. The molecule has 0 aliphatic carbocycles. The maximum absolute atomic E-state index is 12.2. The average Bonchev–Trinajstić information content (AvgIpc) is 3.25. The predicted octanol–water partition coefficient (Wildman–Crippen LogP) is 2.40. The molecule has 0 saturated carbocycles. The zero-order valence-electron chi connectivity index (χ0n) is 14.0. The number of thiazole rings is 1. The van der Waals surface area contributed by atoms with Crippen LogP contribution in [-0.2, 0) is 4.79 Å². The van der Waals surface area contributed by atoms with E-state index in [1.165, 1.54) is 11.3 Å². The van der Waals surface area contributed by atoms with Crippen LogP contribution in [0.25, 0.3) is 0 Å². The summed E-state index contributed by atoms with van der Waals surface area (Å²) >= 11 is 1.50. The first-order chi connectivity index (χ1) is 12.2. The molecule has 25 heavy (non-hydrogen) atoms. The van der Waals surface area contributed by atoms with Crippen molar-refractivity contribution in [2.45, 2.75) is 12.3 Å². The van der Waals surface area contributed by atoms with Crippen molar-refractivity contribution >= 4 is 28.2 Å². The number of hydrogen-bond acceptors (Lipinski definition) is 8. The van der Waals surface area contributed by atoms with Gasteiger partial charge in [0.05, 0.1) is 19.1 Å². The second kappa shape index (κ2) is 5.99. The van der Waals surface area contributed by atoms with Gasteiger partial charge in [-0.05, 0) is 6.07 Å². The van der Waals surface area contributed by atoms with Crippen LogP contribution in [0.4, 0.5) is 10.9 Å². The van der Waals surface area contributed by atoms with Gasteiger partial charge in [-0.2, -0.15) is 0 Å². The molecule has 2 aliphatic heterocycles. The summed E-state index contributed by atoms with van der Waals surface area (Å²) in [4.78, 5) is 17.6. The highest BCUT2D eigenvalue weighted by molar-refractivity contribution is 7.16. The topological polar surface area (TPSA) is 90.9 Å². The number of nitrogens with zero attached hydrogens (tertiary/aromatic N) is 1. The number of rotatable bonds is 4. The molecule has 0 radical (unpaired) electrons. The number of carbonyl (C=O) groups is 1. The fraction of sp³-hybridized carbons (Fsp3) is 0.375. The van der Waals surface area contributed by atoms with Gasteiger partial charge in [-0.25, -0.2) is 4.98 Å². The first-order valence-corrected chi connectivity index (χ1v) is 8.50. The third kappa shape index (κ3) is 2.42. The number of hydrogen-bond donors (Lipinski definition) is 2. The summed E-state index contributed by atoms with van der Waals surface area (Å²) in [6.07, 6.45) is 0.289. The van der Waals surface area contributed by atoms with Gasteiger partial charge in [-0.3, -0.25) is 4.79 Å². The largest absolute Gasteiger partial charge is 0.492 e. The smallest absolute Gasteiger partial charge is 0.231 e. The monoisotopic (exact) mass is 363 g/mol. The molecule has 3 heterocycles. The minimum absolute atomic E-state index is 0.0934. The van der Waals surface area contributed by atoms with Gasteiger partial charge in [0.25, 0.3) is 0 Å². The number of anilines is 2. The van der Waals surface area contributed by atoms with E-state index in [4.69, 9.17) is 18.9 Å². The third-order valence-electron chi connectivity index (χ3n) is 4.22. The van der Waals surface area contributed by atoms with Gasteiger partial charge in [-0.1, -0.05) is 11.3 Å². The van der Waals surface area contributed by atoms with Gasteiger partial charge < -0.3 is 29.6 Å². The number of ether oxygens (including phenoxy) is 4. The van der Waals surface area contributed by atoms with E-state index in [0.29, 0.717) is 28.8 Å². The zero-order valence-corrected chi connectivity index (χ0v) is 14.8. The van der Waals surface area contributed by atoms with E-state index in [1.807, 2.05) is 6.07 Å². The van der Waals surface area contributed by atoms with E-state index in [9.17, 15) is 4.79 Å². The summed E-state index contributed by atoms with van der Waals surface area (Å²) in [5.41, 5.74) is 0.811. The Morgan fingerprint density at radius 2 is 2.12 bits per heavy atom. The normalized spacial score (nSPS) is 17.7. The number of benzene rings is 1. The number of amides is 1. The summed E-state index contributed by atoms with van der Waals surface area (Å²) in [6, 6.07) is 1.86. The summed E-state index contributed by atoms with van der Waals surface area (Å²) < 4.78 is 22.1. The molecule has 2 N–H and O–H groups in total. The molecule has 0 fully saturated rings. The summed E-state index contributed by atoms with van der Waals surface area (Å²) in [5.74, 6) is 2.39. The Labute approximate surface area is 148 Å². The molecule has 4 rings (SSSR count). The molecular weight excluding hydrogens is 346 g/mol. The summed E-state index contributed by atoms with van der Waals surface area (Å²) in [5, 5.41) is 6.58. The molecule has 1 aromatic carbocycles. The fourth-order valence-corrected chi connectivity index (χ4v) is 4.14. The van der Waals surface area contributed by atoms with E-state index < -0.39 is 0 Å². The molecule has 1 amide bonds. The number of carbonyl (C=O) groups excluding carboxylic acids is 1. The van der Waals surface area contributed by atoms with Crippen LogP contribution in [0.2, 0.25) is 0 Å². The molecule has 2 aromatic rings. The van der Waals surface area contributed by atoms with Gasteiger partial charge in [0, 0.05) is 24.9 Å². The first-order valence-electron chi connectivity index (χ1n) is 7.69. The second-order valence-electron chi connectivity index (χ2n) is 5.55. The minimum Gasteiger partial charge on any atom is -0.492 e. The van der Waals surface area contributed by atoms with Gasteiger partial charge in [0.1, 0.15) is 5.82 Å². The molecule has 0 bridgehead atoms. The molecular formula is C16H17N3O5S. The van der Waals surface area contributed by atoms with Gasteiger partial charge in [-0.15, -0.1) is 0 Å². The van der Waals surface area contributed by atoms with E-state index in [2.05, 4.69) is 15.6 Å². The highest BCUT2D eigenvalue weighted by Crippen LogP contribution is 2.54. The zero-order chi connectivity index (χ0) is 17.6. The van der Waals surface area contributed by atoms with Crippen molar-refractivity contribution in [2.24, 2.45) is 0 Å². The lowest BCUT2D eigenvalue weighted by Gasteiger charge is -2.24. The van der Waals surface area contributed by atoms with Crippen LogP contribution in [0.15, 0.2) is 6.07 Å².